The third-order valence-electron chi connectivity index (χ3n) is 2.72. The van der Waals surface area contributed by atoms with E-state index >= 15 is 0 Å². The number of nitrogens with two attached hydrogens (primary N) is 1. The van der Waals surface area contributed by atoms with E-state index in [1.165, 1.54) is 0 Å². The highest BCUT2D eigenvalue weighted by Crippen LogP contribution is 2.20. The highest BCUT2D eigenvalue weighted by molar-refractivity contribution is 5.99. The fraction of sp³-hybridized carbons (Fsp3) is 0.417. The van der Waals surface area contributed by atoms with Crippen LogP contribution >= 0.6 is 0 Å². The standard InChI is InChI=1S/C12H17N3O3/c1-7-4-5-14-11(9(7)10(13)16)15(3)6-8(2)12(17)18/h4-5,8H,6H2,1-3H3,(H2,13,16)(H,17,18). The third-order valence-corrected chi connectivity index (χ3v) is 2.72. The summed E-state index contributed by atoms with van der Waals surface area (Å²) in [5.41, 5.74) is 6.38. The number of primary amides is 1. The number of amides is 1. The summed E-state index contributed by atoms with van der Waals surface area (Å²) in [4.78, 5) is 28.0. The molecule has 6 heteroatoms. The van der Waals surface area contributed by atoms with Crippen LogP contribution in [-0.4, -0.2) is 35.6 Å². The van der Waals surface area contributed by atoms with Crippen LogP contribution < -0.4 is 10.6 Å². The van der Waals surface area contributed by atoms with Crippen molar-refractivity contribution in [2.75, 3.05) is 18.5 Å². The molecule has 0 aliphatic heterocycles. The highest BCUT2D eigenvalue weighted by atomic mass is 16.4. The number of aliphatic carboxylic acids is 1. The molecule has 1 aromatic rings. The number of carbonyl (C=O) groups excluding carboxylic acids is 1. The van der Waals surface area contributed by atoms with Gasteiger partial charge >= 0.3 is 5.97 Å². The minimum Gasteiger partial charge on any atom is -0.481 e. The minimum absolute atomic E-state index is 0.256. The molecule has 0 aliphatic rings. The molecule has 0 saturated carbocycles. The van der Waals surface area contributed by atoms with Gasteiger partial charge < -0.3 is 15.7 Å². The molecule has 1 aromatic heterocycles. The van der Waals surface area contributed by atoms with E-state index in [1.54, 1.807) is 38.1 Å². The van der Waals surface area contributed by atoms with Gasteiger partial charge in [0.1, 0.15) is 5.82 Å². The van der Waals surface area contributed by atoms with Crippen LogP contribution in [0.4, 0.5) is 5.82 Å². The van der Waals surface area contributed by atoms with Gasteiger partial charge in [0.25, 0.3) is 5.91 Å². The average molecular weight is 251 g/mol. The molecule has 1 rings (SSSR count). The van der Waals surface area contributed by atoms with E-state index in [0.717, 1.165) is 5.56 Å². The van der Waals surface area contributed by atoms with Crippen LogP contribution in [0.3, 0.4) is 0 Å². The van der Waals surface area contributed by atoms with Crippen molar-refractivity contribution in [1.29, 1.82) is 0 Å². The summed E-state index contributed by atoms with van der Waals surface area (Å²) in [6.45, 7) is 3.62. The largest absolute Gasteiger partial charge is 0.481 e. The Morgan fingerprint density at radius 3 is 2.67 bits per heavy atom. The second-order valence-corrected chi connectivity index (χ2v) is 4.31. The molecular formula is C12H17N3O3. The van der Waals surface area contributed by atoms with Crippen LogP contribution in [0.15, 0.2) is 12.3 Å². The number of hydrogen-bond donors (Lipinski definition) is 2. The Morgan fingerprint density at radius 1 is 1.56 bits per heavy atom. The van der Waals surface area contributed by atoms with Crippen molar-refractivity contribution >= 4 is 17.7 Å². The van der Waals surface area contributed by atoms with Gasteiger partial charge in [0, 0.05) is 19.8 Å². The van der Waals surface area contributed by atoms with E-state index in [9.17, 15) is 9.59 Å². The van der Waals surface area contributed by atoms with Gasteiger partial charge in [0.2, 0.25) is 0 Å². The Balaban J connectivity index is 3.06. The van der Waals surface area contributed by atoms with Crippen molar-refractivity contribution in [2.24, 2.45) is 11.7 Å². The van der Waals surface area contributed by atoms with Crippen LogP contribution in [-0.2, 0) is 4.79 Å². The number of carbonyl (C=O) groups is 2. The molecular weight excluding hydrogens is 234 g/mol. The first kappa shape index (κ1) is 14.0. The average Bonchev–Trinajstić information content (AvgIpc) is 2.27. The topological polar surface area (TPSA) is 96.5 Å². The van der Waals surface area contributed by atoms with Crippen molar-refractivity contribution in [3.63, 3.8) is 0 Å². The van der Waals surface area contributed by atoms with Gasteiger partial charge in [-0.1, -0.05) is 6.92 Å². The van der Waals surface area contributed by atoms with Crippen molar-refractivity contribution in [1.82, 2.24) is 4.98 Å². The normalized spacial score (nSPS) is 11.9. The van der Waals surface area contributed by atoms with Crippen molar-refractivity contribution in [3.8, 4) is 0 Å². The molecule has 0 spiro atoms. The fourth-order valence-corrected chi connectivity index (χ4v) is 1.71. The maximum Gasteiger partial charge on any atom is 0.308 e. The van der Waals surface area contributed by atoms with Crippen molar-refractivity contribution < 1.29 is 14.7 Å². The number of anilines is 1. The number of carboxylic acids is 1. The summed E-state index contributed by atoms with van der Waals surface area (Å²) in [5.74, 6) is -1.60. The first-order valence-corrected chi connectivity index (χ1v) is 5.54. The first-order valence-electron chi connectivity index (χ1n) is 5.54. The summed E-state index contributed by atoms with van der Waals surface area (Å²) in [5, 5.41) is 8.87. The number of rotatable bonds is 5. The summed E-state index contributed by atoms with van der Waals surface area (Å²) < 4.78 is 0. The van der Waals surface area contributed by atoms with E-state index in [4.69, 9.17) is 10.8 Å². The Kier molecular flexibility index (Phi) is 4.25. The lowest BCUT2D eigenvalue weighted by atomic mass is 10.1. The number of nitrogens with zero attached hydrogens (tertiary/aromatic N) is 2. The Bertz CT molecular complexity index is 474. The van der Waals surface area contributed by atoms with E-state index in [-0.39, 0.29) is 6.54 Å². The number of carboxylic acid groups (broad SMARTS) is 1. The van der Waals surface area contributed by atoms with Gasteiger partial charge in [-0.05, 0) is 18.6 Å². The molecule has 1 heterocycles. The maximum absolute atomic E-state index is 11.4. The van der Waals surface area contributed by atoms with Gasteiger partial charge in [0.15, 0.2) is 0 Å². The molecule has 0 fully saturated rings. The smallest absolute Gasteiger partial charge is 0.308 e. The van der Waals surface area contributed by atoms with Crippen LogP contribution in [0.25, 0.3) is 0 Å². The van der Waals surface area contributed by atoms with Crippen LogP contribution in [0.2, 0.25) is 0 Å². The zero-order chi connectivity index (χ0) is 13.9. The minimum atomic E-state index is -0.893. The van der Waals surface area contributed by atoms with E-state index in [0.29, 0.717) is 11.4 Å². The number of aromatic nitrogens is 1. The molecule has 0 radical (unpaired) electrons. The van der Waals surface area contributed by atoms with Crippen molar-refractivity contribution in [3.05, 3.63) is 23.4 Å². The molecule has 0 aliphatic carbocycles. The van der Waals surface area contributed by atoms with Gasteiger partial charge in [-0.25, -0.2) is 4.98 Å². The third kappa shape index (κ3) is 2.97. The molecule has 18 heavy (non-hydrogen) atoms. The van der Waals surface area contributed by atoms with E-state index in [1.807, 2.05) is 0 Å². The lowest BCUT2D eigenvalue weighted by molar-refractivity contribution is -0.140. The SMILES string of the molecule is Cc1ccnc(N(C)CC(C)C(=O)O)c1C(N)=O. The second-order valence-electron chi connectivity index (χ2n) is 4.31. The molecule has 1 unspecified atom stereocenters. The zero-order valence-corrected chi connectivity index (χ0v) is 10.7. The van der Waals surface area contributed by atoms with Crippen LogP contribution in [0, 0.1) is 12.8 Å². The molecule has 3 N–H and O–H groups in total. The van der Waals surface area contributed by atoms with Gasteiger partial charge in [0.05, 0.1) is 11.5 Å². The second kappa shape index (κ2) is 5.48. The molecule has 98 valence electrons. The van der Waals surface area contributed by atoms with Gasteiger partial charge in [-0.2, -0.15) is 0 Å². The number of pyridine rings is 1. The lowest BCUT2D eigenvalue weighted by Crippen LogP contribution is -2.31. The summed E-state index contributed by atoms with van der Waals surface area (Å²) >= 11 is 0. The maximum atomic E-state index is 11.4. The fourth-order valence-electron chi connectivity index (χ4n) is 1.71. The predicted molar refractivity (Wildman–Crippen MR) is 67.6 cm³/mol. The van der Waals surface area contributed by atoms with Crippen LogP contribution in [0.1, 0.15) is 22.8 Å². The van der Waals surface area contributed by atoms with Gasteiger partial charge in [-0.3, -0.25) is 9.59 Å². The summed E-state index contributed by atoms with van der Waals surface area (Å²) in [7, 11) is 1.69. The monoisotopic (exact) mass is 251 g/mol. The summed E-state index contributed by atoms with van der Waals surface area (Å²) in [6.07, 6.45) is 1.57. The Labute approximate surface area is 105 Å². The lowest BCUT2D eigenvalue weighted by Gasteiger charge is -2.22. The quantitative estimate of drug-likeness (QED) is 0.800. The molecule has 1 atom stereocenters. The van der Waals surface area contributed by atoms with Crippen LogP contribution in [0.5, 0.6) is 0 Å². The molecule has 1 amide bonds. The van der Waals surface area contributed by atoms with Gasteiger partial charge in [-0.15, -0.1) is 0 Å². The molecule has 6 nitrogen and oxygen atoms in total. The highest BCUT2D eigenvalue weighted by Gasteiger charge is 2.19. The Morgan fingerprint density at radius 2 is 2.17 bits per heavy atom. The summed E-state index contributed by atoms with van der Waals surface area (Å²) in [6, 6.07) is 1.69. The van der Waals surface area contributed by atoms with E-state index < -0.39 is 17.8 Å². The Hall–Kier alpha value is -2.11. The number of aryl methyl sites for hydroxylation is 1. The van der Waals surface area contributed by atoms with Crippen molar-refractivity contribution in [2.45, 2.75) is 13.8 Å². The first-order chi connectivity index (χ1) is 8.34. The molecule has 0 saturated heterocycles. The number of hydrogen-bond acceptors (Lipinski definition) is 4. The molecule has 0 bridgehead atoms. The molecule has 0 aromatic carbocycles. The predicted octanol–water partition coefficient (Wildman–Crippen LogP) is 0.646. The zero-order valence-electron chi connectivity index (χ0n) is 10.7. The van der Waals surface area contributed by atoms with E-state index in [2.05, 4.69) is 4.98 Å².